The summed E-state index contributed by atoms with van der Waals surface area (Å²) in [6.45, 7) is 4.12. The zero-order valence-corrected chi connectivity index (χ0v) is 13.2. The molecule has 0 saturated heterocycles. The highest BCUT2D eigenvalue weighted by Crippen LogP contribution is 2.26. The Bertz CT molecular complexity index is 658. The molecule has 2 aromatic rings. The molecule has 0 spiro atoms. The highest BCUT2D eigenvalue weighted by molar-refractivity contribution is 8.00. The summed E-state index contributed by atoms with van der Waals surface area (Å²) < 4.78 is 26.4. The van der Waals surface area contributed by atoms with Crippen LogP contribution in [0.1, 0.15) is 18.1 Å². The fourth-order valence-electron chi connectivity index (χ4n) is 1.85. The summed E-state index contributed by atoms with van der Waals surface area (Å²) in [5.74, 6) is -1.46. The zero-order chi connectivity index (χ0) is 16.1. The number of thioether (sulfide) groups is 1. The van der Waals surface area contributed by atoms with Crippen LogP contribution in [0.15, 0.2) is 47.4 Å². The Balaban J connectivity index is 1.90. The average Bonchev–Trinajstić information content (AvgIpc) is 2.49. The van der Waals surface area contributed by atoms with E-state index in [1.807, 2.05) is 31.2 Å². The summed E-state index contributed by atoms with van der Waals surface area (Å²) in [6, 6.07) is 11.2. The van der Waals surface area contributed by atoms with Gasteiger partial charge in [-0.2, -0.15) is 0 Å². The minimum atomic E-state index is -0.650. The normalized spacial score (nSPS) is 12.0. The van der Waals surface area contributed by atoms with Crippen LogP contribution in [0.3, 0.4) is 0 Å². The van der Waals surface area contributed by atoms with Gasteiger partial charge in [-0.15, -0.1) is 11.8 Å². The number of benzene rings is 2. The van der Waals surface area contributed by atoms with Crippen molar-refractivity contribution in [3.8, 4) is 0 Å². The minimum absolute atomic E-state index is 0.186. The summed E-state index contributed by atoms with van der Waals surface area (Å²) in [5, 5.41) is 2.35. The van der Waals surface area contributed by atoms with Crippen molar-refractivity contribution in [2.45, 2.75) is 30.5 Å². The maximum absolute atomic E-state index is 13.6. The Morgan fingerprint density at radius 3 is 2.50 bits per heavy atom. The number of nitrogens with one attached hydrogen (secondary N) is 1. The summed E-state index contributed by atoms with van der Waals surface area (Å²) in [6.07, 6.45) is 0. The standard InChI is InChI=1S/C17H17F2NOS/c1-11-3-5-13(6-4-11)10-20-17(21)12(2)22-16-8-7-14(18)9-15(16)19/h3-9,12H,10H2,1-2H3,(H,20,21)/t12-/m1/s1. The predicted octanol–water partition coefficient (Wildman–Crippen LogP) is 4.07. The predicted molar refractivity (Wildman–Crippen MR) is 84.7 cm³/mol. The molecule has 0 aliphatic rings. The van der Waals surface area contributed by atoms with E-state index in [0.717, 1.165) is 29.0 Å². The van der Waals surface area contributed by atoms with Crippen molar-refractivity contribution >= 4 is 17.7 Å². The van der Waals surface area contributed by atoms with Crippen LogP contribution in [0.2, 0.25) is 0 Å². The molecule has 116 valence electrons. The number of hydrogen-bond acceptors (Lipinski definition) is 2. The maximum Gasteiger partial charge on any atom is 0.233 e. The molecular formula is C17H17F2NOS. The molecule has 0 fully saturated rings. The third-order valence-electron chi connectivity index (χ3n) is 3.15. The molecule has 0 radical (unpaired) electrons. The van der Waals surface area contributed by atoms with Crippen molar-refractivity contribution < 1.29 is 13.6 Å². The largest absolute Gasteiger partial charge is 0.351 e. The molecule has 5 heteroatoms. The van der Waals surface area contributed by atoms with E-state index in [4.69, 9.17) is 0 Å². The van der Waals surface area contributed by atoms with Crippen molar-refractivity contribution in [3.63, 3.8) is 0 Å². The Hall–Kier alpha value is -1.88. The Morgan fingerprint density at radius 1 is 1.18 bits per heavy atom. The van der Waals surface area contributed by atoms with Crippen LogP contribution in [-0.2, 0) is 11.3 Å². The van der Waals surface area contributed by atoms with E-state index in [1.165, 1.54) is 12.1 Å². The summed E-state index contributed by atoms with van der Waals surface area (Å²) >= 11 is 1.07. The number of halogens is 2. The molecule has 1 amide bonds. The van der Waals surface area contributed by atoms with Crippen LogP contribution >= 0.6 is 11.8 Å². The number of amides is 1. The fourth-order valence-corrected chi connectivity index (χ4v) is 2.74. The molecular weight excluding hydrogens is 304 g/mol. The van der Waals surface area contributed by atoms with Gasteiger partial charge in [0.05, 0.1) is 5.25 Å². The molecule has 1 atom stereocenters. The lowest BCUT2D eigenvalue weighted by atomic mass is 10.1. The van der Waals surface area contributed by atoms with Crippen molar-refractivity contribution in [1.82, 2.24) is 5.32 Å². The molecule has 2 aromatic carbocycles. The Labute approximate surface area is 132 Å². The van der Waals surface area contributed by atoms with Gasteiger partial charge < -0.3 is 5.32 Å². The van der Waals surface area contributed by atoms with Crippen molar-refractivity contribution in [2.24, 2.45) is 0 Å². The molecule has 0 saturated carbocycles. The van der Waals surface area contributed by atoms with Crippen LogP contribution in [0.4, 0.5) is 8.78 Å². The fraction of sp³-hybridized carbons (Fsp3) is 0.235. The molecule has 1 N–H and O–H groups in total. The minimum Gasteiger partial charge on any atom is -0.351 e. The van der Waals surface area contributed by atoms with Gasteiger partial charge in [-0.25, -0.2) is 8.78 Å². The van der Waals surface area contributed by atoms with Gasteiger partial charge in [0, 0.05) is 17.5 Å². The van der Waals surface area contributed by atoms with Gasteiger partial charge in [0.2, 0.25) is 5.91 Å². The highest BCUT2D eigenvalue weighted by Gasteiger charge is 2.16. The summed E-state index contributed by atoms with van der Waals surface area (Å²) in [5.41, 5.74) is 2.16. The van der Waals surface area contributed by atoms with Gasteiger partial charge >= 0.3 is 0 Å². The molecule has 2 rings (SSSR count). The second kappa shape index (κ2) is 7.40. The lowest BCUT2D eigenvalue weighted by molar-refractivity contribution is -0.120. The van der Waals surface area contributed by atoms with Gasteiger partial charge in [-0.1, -0.05) is 29.8 Å². The molecule has 22 heavy (non-hydrogen) atoms. The average molecular weight is 321 g/mol. The molecule has 0 bridgehead atoms. The third-order valence-corrected chi connectivity index (χ3v) is 4.31. The van der Waals surface area contributed by atoms with Crippen molar-refractivity contribution in [2.75, 3.05) is 0 Å². The highest BCUT2D eigenvalue weighted by atomic mass is 32.2. The number of aryl methyl sites for hydroxylation is 1. The van der Waals surface area contributed by atoms with Crippen LogP contribution < -0.4 is 5.32 Å². The van der Waals surface area contributed by atoms with E-state index in [2.05, 4.69) is 5.32 Å². The van der Waals surface area contributed by atoms with Gasteiger partial charge in [-0.3, -0.25) is 4.79 Å². The lowest BCUT2D eigenvalue weighted by Crippen LogP contribution is -2.30. The Kier molecular flexibility index (Phi) is 5.55. The second-order valence-corrected chi connectivity index (χ2v) is 6.42. The van der Waals surface area contributed by atoms with Crippen LogP contribution in [0.25, 0.3) is 0 Å². The summed E-state index contributed by atoms with van der Waals surface area (Å²) in [4.78, 5) is 12.3. The van der Waals surface area contributed by atoms with E-state index in [0.29, 0.717) is 6.54 Å². The molecule has 0 aromatic heterocycles. The van der Waals surface area contributed by atoms with Crippen LogP contribution in [0.5, 0.6) is 0 Å². The third kappa shape index (κ3) is 4.56. The topological polar surface area (TPSA) is 29.1 Å². The first kappa shape index (κ1) is 16.5. The lowest BCUT2D eigenvalue weighted by Gasteiger charge is -2.12. The smallest absolute Gasteiger partial charge is 0.233 e. The second-order valence-electron chi connectivity index (χ2n) is 5.04. The van der Waals surface area contributed by atoms with Crippen LogP contribution in [0, 0.1) is 18.6 Å². The van der Waals surface area contributed by atoms with E-state index >= 15 is 0 Å². The Morgan fingerprint density at radius 2 is 1.86 bits per heavy atom. The molecule has 2 nitrogen and oxygen atoms in total. The first-order valence-corrected chi connectivity index (χ1v) is 7.78. The SMILES string of the molecule is Cc1ccc(CNC(=O)[C@@H](C)Sc2ccc(F)cc2F)cc1. The van der Waals surface area contributed by atoms with Gasteiger partial charge in [0.15, 0.2) is 0 Å². The first-order chi connectivity index (χ1) is 10.5. The number of hydrogen-bond donors (Lipinski definition) is 1. The van der Waals surface area contributed by atoms with E-state index < -0.39 is 16.9 Å². The molecule has 0 unspecified atom stereocenters. The van der Waals surface area contributed by atoms with Gasteiger partial charge in [-0.05, 0) is 31.5 Å². The summed E-state index contributed by atoms with van der Waals surface area (Å²) in [7, 11) is 0. The van der Waals surface area contributed by atoms with Crippen molar-refractivity contribution in [3.05, 3.63) is 65.2 Å². The van der Waals surface area contributed by atoms with Crippen LogP contribution in [-0.4, -0.2) is 11.2 Å². The van der Waals surface area contributed by atoms with Gasteiger partial charge in [0.1, 0.15) is 11.6 Å². The number of carbonyl (C=O) groups excluding carboxylic acids is 1. The van der Waals surface area contributed by atoms with Crippen molar-refractivity contribution in [1.29, 1.82) is 0 Å². The maximum atomic E-state index is 13.6. The van der Waals surface area contributed by atoms with E-state index in [-0.39, 0.29) is 10.8 Å². The molecule has 0 aliphatic heterocycles. The number of rotatable bonds is 5. The zero-order valence-electron chi connectivity index (χ0n) is 12.4. The monoisotopic (exact) mass is 321 g/mol. The quantitative estimate of drug-likeness (QED) is 0.841. The molecule has 0 aliphatic carbocycles. The first-order valence-electron chi connectivity index (χ1n) is 6.90. The van der Waals surface area contributed by atoms with E-state index in [9.17, 15) is 13.6 Å². The van der Waals surface area contributed by atoms with Gasteiger partial charge in [0.25, 0.3) is 0 Å². The van der Waals surface area contributed by atoms with E-state index in [1.54, 1.807) is 6.92 Å². The molecule has 0 heterocycles. The number of carbonyl (C=O) groups is 1.